The van der Waals surface area contributed by atoms with E-state index in [9.17, 15) is 15.0 Å². The van der Waals surface area contributed by atoms with Gasteiger partial charge in [0.1, 0.15) is 12.2 Å². The van der Waals surface area contributed by atoms with Gasteiger partial charge in [-0.2, -0.15) is 0 Å². The zero-order valence-corrected chi connectivity index (χ0v) is 21.3. The van der Waals surface area contributed by atoms with Gasteiger partial charge in [-0.15, -0.1) is 0 Å². The van der Waals surface area contributed by atoms with E-state index in [-0.39, 0.29) is 5.82 Å². The lowest BCUT2D eigenvalue weighted by molar-refractivity contribution is -0.137. The molecule has 1 aromatic carbocycles. The third-order valence-electron chi connectivity index (χ3n) is 6.05. The van der Waals surface area contributed by atoms with Crippen LogP contribution in [0.5, 0.6) is 0 Å². The molecule has 1 unspecified atom stereocenters. The van der Waals surface area contributed by atoms with Gasteiger partial charge in [0.2, 0.25) is 0 Å². The Hall–Kier alpha value is -3.35. The van der Waals surface area contributed by atoms with Gasteiger partial charge in [0, 0.05) is 36.6 Å². The minimum atomic E-state index is -1.44. The zero-order valence-electron chi connectivity index (χ0n) is 19.8. The molecule has 11 nitrogen and oxygen atoms in total. The van der Waals surface area contributed by atoms with Crippen LogP contribution >= 0.6 is 23.2 Å². The second-order valence-electron chi connectivity index (χ2n) is 8.60. The highest BCUT2D eigenvalue weighted by Crippen LogP contribution is 2.34. The molecule has 0 aliphatic carbocycles. The molecule has 4 N–H and O–H groups in total. The lowest BCUT2D eigenvalue weighted by atomic mass is 10.1. The maximum Gasteiger partial charge on any atom is 0.251 e. The lowest BCUT2D eigenvalue weighted by Crippen LogP contribution is -2.41. The van der Waals surface area contributed by atoms with Gasteiger partial charge in [0.15, 0.2) is 35.1 Å². The number of pyridine rings is 1. The SMILES string of the molecule is CNC(=O)[C@H]1O[C@@H](n2cnc3c(NCc4cc(C)ccc4Cl)nc(-c4cncc(Cl)c4)nc32)[C@H](O)C1O. The van der Waals surface area contributed by atoms with Crippen molar-refractivity contribution in [3.63, 3.8) is 0 Å². The smallest absolute Gasteiger partial charge is 0.251 e. The summed E-state index contributed by atoms with van der Waals surface area (Å²) in [6.07, 6.45) is -0.757. The highest BCUT2D eigenvalue weighted by atomic mass is 35.5. The molecule has 1 fully saturated rings. The van der Waals surface area contributed by atoms with Crippen molar-refractivity contribution in [2.75, 3.05) is 12.4 Å². The molecule has 1 saturated heterocycles. The number of hydrogen-bond acceptors (Lipinski definition) is 9. The van der Waals surface area contributed by atoms with Crippen molar-refractivity contribution >= 4 is 46.1 Å². The number of amides is 1. The van der Waals surface area contributed by atoms with Gasteiger partial charge in [0.05, 0.1) is 11.3 Å². The number of rotatable bonds is 6. The summed E-state index contributed by atoms with van der Waals surface area (Å²) in [6, 6.07) is 7.39. The summed E-state index contributed by atoms with van der Waals surface area (Å²) in [6.45, 7) is 2.33. The number of carbonyl (C=O) groups is 1. The molecule has 4 atom stereocenters. The number of nitrogens with zero attached hydrogens (tertiary/aromatic N) is 5. The van der Waals surface area contributed by atoms with Crippen molar-refractivity contribution in [3.05, 3.63) is 64.2 Å². The molecule has 0 saturated carbocycles. The molecular weight excluding hydrogens is 521 g/mol. The van der Waals surface area contributed by atoms with Gasteiger partial charge in [0.25, 0.3) is 5.91 Å². The topological polar surface area (TPSA) is 147 Å². The fourth-order valence-corrected chi connectivity index (χ4v) is 4.51. The summed E-state index contributed by atoms with van der Waals surface area (Å²) in [5, 5.41) is 27.8. The van der Waals surface area contributed by atoms with Crippen LogP contribution in [0.2, 0.25) is 10.0 Å². The lowest BCUT2D eigenvalue weighted by Gasteiger charge is -2.17. The van der Waals surface area contributed by atoms with Crippen LogP contribution in [0.25, 0.3) is 22.6 Å². The van der Waals surface area contributed by atoms with Crippen molar-refractivity contribution in [1.29, 1.82) is 0 Å². The second kappa shape index (κ2) is 10.2. The van der Waals surface area contributed by atoms with Gasteiger partial charge >= 0.3 is 0 Å². The molecule has 1 aliphatic rings. The third-order valence-corrected chi connectivity index (χ3v) is 6.62. The Morgan fingerprint density at radius 3 is 2.73 bits per heavy atom. The van der Waals surface area contributed by atoms with Gasteiger partial charge in [-0.3, -0.25) is 14.3 Å². The second-order valence-corrected chi connectivity index (χ2v) is 9.45. The number of hydrogen-bond donors (Lipinski definition) is 4. The Morgan fingerprint density at radius 2 is 1.97 bits per heavy atom. The summed E-state index contributed by atoms with van der Waals surface area (Å²) < 4.78 is 7.19. The summed E-state index contributed by atoms with van der Waals surface area (Å²) in [7, 11) is 1.42. The number of anilines is 1. The highest BCUT2D eigenvalue weighted by Gasteiger charge is 2.47. The third kappa shape index (κ3) is 4.83. The average Bonchev–Trinajstić information content (AvgIpc) is 3.44. The number of aromatic nitrogens is 5. The number of halogens is 2. The van der Waals surface area contributed by atoms with E-state index in [0.29, 0.717) is 39.1 Å². The van der Waals surface area contributed by atoms with E-state index < -0.39 is 30.4 Å². The van der Waals surface area contributed by atoms with Crippen molar-refractivity contribution < 1.29 is 19.7 Å². The molecule has 4 heterocycles. The van der Waals surface area contributed by atoms with Crippen LogP contribution in [0.4, 0.5) is 5.82 Å². The fraction of sp³-hybridized carbons (Fsp3) is 0.292. The molecule has 5 rings (SSSR count). The number of aliphatic hydroxyl groups is 2. The first kappa shape index (κ1) is 25.3. The van der Waals surface area contributed by atoms with Gasteiger partial charge < -0.3 is 25.6 Å². The van der Waals surface area contributed by atoms with Crippen LogP contribution in [0.15, 0.2) is 43.0 Å². The molecule has 1 aliphatic heterocycles. The number of aryl methyl sites for hydroxylation is 1. The predicted molar refractivity (Wildman–Crippen MR) is 137 cm³/mol. The van der Waals surface area contributed by atoms with Gasteiger partial charge in [-0.1, -0.05) is 40.9 Å². The molecule has 37 heavy (non-hydrogen) atoms. The summed E-state index contributed by atoms with van der Waals surface area (Å²) in [4.78, 5) is 30.0. The monoisotopic (exact) mass is 543 g/mol. The molecule has 192 valence electrons. The van der Waals surface area contributed by atoms with Crippen molar-refractivity contribution in [3.8, 4) is 11.4 Å². The molecular formula is C24H23Cl2N7O4. The maximum atomic E-state index is 12.1. The Morgan fingerprint density at radius 1 is 1.16 bits per heavy atom. The molecule has 0 bridgehead atoms. The number of fused-ring (bicyclic) bond motifs is 1. The Bertz CT molecular complexity index is 1480. The molecule has 0 spiro atoms. The first-order chi connectivity index (χ1) is 17.8. The molecule has 13 heteroatoms. The Labute approximate surface area is 221 Å². The number of carbonyl (C=O) groups excluding carboxylic acids is 1. The van der Waals surface area contributed by atoms with Crippen LogP contribution < -0.4 is 10.6 Å². The summed E-state index contributed by atoms with van der Waals surface area (Å²) >= 11 is 12.5. The van der Waals surface area contributed by atoms with E-state index in [2.05, 4.69) is 30.6 Å². The van der Waals surface area contributed by atoms with Crippen molar-refractivity contribution in [2.45, 2.75) is 38.0 Å². The summed E-state index contributed by atoms with van der Waals surface area (Å²) in [5.74, 6) is 0.126. The van der Waals surface area contributed by atoms with E-state index in [0.717, 1.165) is 11.1 Å². The Balaban J connectivity index is 1.59. The largest absolute Gasteiger partial charge is 0.387 e. The molecule has 0 radical (unpaired) electrons. The number of likely N-dealkylation sites (N-methyl/N-ethyl adjacent to an activating group) is 1. The average molecular weight is 544 g/mol. The van der Waals surface area contributed by atoms with Crippen molar-refractivity contribution in [2.24, 2.45) is 0 Å². The number of imidazole rings is 1. The normalized spacial score (nSPS) is 21.4. The van der Waals surface area contributed by atoms with E-state index >= 15 is 0 Å². The minimum absolute atomic E-state index is 0.290. The van der Waals surface area contributed by atoms with E-state index in [1.165, 1.54) is 24.1 Å². The fourth-order valence-electron chi connectivity index (χ4n) is 4.16. The van der Waals surface area contributed by atoms with Crippen LogP contribution in [-0.2, 0) is 16.1 Å². The molecule has 3 aromatic heterocycles. The molecule has 1 amide bonds. The summed E-state index contributed by atoms with van der Waals surface area (Å²) in [5.41, 5.74) is 3.16. The van der Waals surface area contributed by atoms with Gasteiger partial charge in [-0.25, -0.2) is 15.0 Å². The first-order valence-corrected chi connectivity index (χ1v) is 12.1. The van der Waals surface area contributed by atoms with E-state index in [1.807, 2.05) is 25.1 Å². The minimum Gasteiger partial charge on any atom is -0.387 e. The number of nitrogens with one attached hydrogen (secondary N) is 2. The van der Waals surface area contributed by atoms with Gasteiger partial charge in [-0.05, 0) is 24.6 Å². The number of ether oxygens (including phenoxy) is 1. The number of aliphatic hydroxyl groups excluding tert-OH is 2. The maximum absolute atomic E-state index is 12.1. The number of benzene rings is 1. The van der Waals surface area contributed by atoms with E-state index in [1.54, 1.807) is 12.3 Å². The van der Waals surface area contributed by atoms with Crippen LogP contribution in [-0.4, -0.2) is 66.0 Å². The van der Waals surface area contributed by atoms with Crippen LogP contribution in [0.1, 0.15) is 17.4 Å². The van der Waals surface area contributed by atoms with Crippen LogP contribution in [0.3, 0.4) is 0 Å². The standard InChI is InChI=1S/C24H23Cl2N7O4/c1-11-3-4-15(26)12(5-11)8-29-21-16-22(32-20(31-21)13-6-14(25)9-28-7-13)33(10-30-16)24-18(35)17(34)19(37-24)23(36)27-2/h3-7,9-10,17-19,24,34-35H,8H2,1-2H3,(H,27,36)(H,29,31,32)/t17?,18-,19+,24-/m1/s1. The highest BCUT2D eigenvalue weighted by molar-refractivity contribution is 6.31. The quantitative estimate of drug-likeness (QED) is 0.287. The first-order valence-electron chi connectivity index (χ1n) is 11.3. The van der Waals surface area contributed by atoms with Crippen LogP contribution in [0, 0.1) is 6.92 Å². The Kier molecular flexibility index (Phi) is 6.97. The van der Waals surface area contributed by atoms with Crippen molar-refractivity contribution in [1.82, 2.24) is 29.8 Å². The zero-order chi connectivity index (χ0) is 26.3. The molecule has 4 aromatic rings. The van der Waals surface area contributed by atoms with E-state index in [4.69, 9.17) is 27.9 Å². The predicted octanol–water partition coefficient (Wildman–Crippen LogP) is 2.48.